The van der Waals surface area contributed by atoms with Gasteiger partial charge in [0.25, 0.3) is 5.91 Å². The number of fused-ring (bicyclic) bond motifs is 1. The number of carbonyl (C=O) groups is 2. The van der Waals surface area contributed by atoms with Gasteiger partial charge in [0.05, 0.1) is 0 Å². The van der Waals surface area contributed by atoms with Crippen molar-refractivity contribution in [1.29, 1.82) is 0 Å². The normalized spacial score (nSPS) is 13.9. The highest BCUT2D eigenvalue weighted by molar-refractivity contribution is 6.06. The summed E-state index contributed by atoms with van der Waals surface area (Å²) < 4.78 is 5.40. The Morgan fingerprint density at radius 2 is 1.95 bits per heavy atom. The van der Waals surface area contributed by atoms with E-state index < -0.39 is 5.97 Å². The Hall–Kier alpha value is -2.56. The van der Waals surface area contributed by atoms with Gasteiger partial charge in [0.2, 0.25) is 0 Å². The summed E-state index contributed by atoms with van der Waals surface area (Å²) in [5.41, 5.74) is 0.0901. The minimum absolute atomic E-state index is 0.0901. The Morgan fingerprint density at radius 3 is 2.67 bits per heavy atom. The summed E-state index contributed by atoms with van der Waals surface area (Å²) in [4.78, 5) is 23.1. The number of hydrogen-bond acceptors (Lipinski definition) is 3. The molecule has 1 aliphatic carbocycles. The number of carbonyl (C=O) groups excluding carboxylic acids is 1. The van der Waals surface area contributed by atoms with Gasteiger partial charge in [-0.3, -0.25) is 4.79 Å². The van der Waals surface area contributed by atoms with Gasteiger partial charge >= 0.3 is 5.97 Å². The molecule has 2 N–H and O–H groups in total. The first kappa shape index (κ1) is 13.4. The first-order valence-electron chi connectivity index (χ1n) is 6.82. The molecule has 0 bridgehead atoms. The van der Waals surface area contributed by atoms with Crippen LogP contribution in [-0.2, 0) is 4.79 Å². The SMILES string of the molecule is O=C(COc1ccc2ccccc2c1C(=O)O)NC1CC1. The minimum Gasteiger partial charge on any atom is -0.483 e. The summed E-state index contributed by atoms with van der Waals surface area (Å²) >= 11 is 0. The Kier molecular flexibility index (Phi) is 3.48. The number of benzene rings is 2. The molecule has 1 amide bonds. The van der Waals surface area contributed by atoms with Crippen molar-refractivity contribution in [2.75, 3.05) is 6.61 Å². The van der Waals surface area contributed by atoms with Gasteiger partial charge in [0.1, 0.15) is 11.3 Å². The van der Waals surface area contributed by atoms with E-state index in [9.17, 15) is 14.7 Å². The Balaban J connectivity index is 1.85. The number of hydrogen-bond donors (Lipinski definition) is 2. The fraction of sp³-hybridized carbons (Fsp3) is 0.250. The molecule has 1 fully saturated rings. The van der Waals surface area contributed by atoms with Gasteiger partial charge in [-0.25, -0.2) is 4.79 Å². The molecule has 2 aromatic rings. The van der Waals surface area contributed by atoms with Gasteiger partial charge in [-0.05, 0) is 29.7 Å². The molecule has 2 aromatic carbocycles. The smallest absolute Gasteiger partial charge is 0.340 e. The van der Waals surface area contributed by atoms with Gasteiger partial charge < -0.3 is 15.2 Å². The summed E-state index contributed by atoms with van der Waals surface area (Å²) in [5, 5.41) is 13.6. The van der Waals surface area contributed by atoms with Crippen LogP contribution in [0, 0.1) is 0 Å². The molecule has 5 heteroatoms. The zero-order valence-electron chi connectivity index (χ0n) is 11.3. The minimum atomic E-state index is -1.07. The van der Waals surface area contributed by atoms with Crippen molar-refractivity contribution in [3.63, 3.8) is 0 Å². The van der Waals surface area contributed by atoms with Crippen LogP contribution in [0.25, 0.3) is 10.8 Å². The van der Waals surface area contributed by atoms with Gasteiger partial charge in [-0.2, -0.15) is 0 Å². The largest absolute Gasteiger partial charge is 0.483 e. The van der Waals surface area contributed by atoms with Crippen molar-refractivity contribution in [3.8, 4) is 5.75 Å². The molecule has 0 heterocycles. The molecular weight excluding hydrogens is 270 g/mol. The number of rotatable bonds is 5. The van der Waals surface area contributed by atoms with Crippen LogP contribution in [0.15, 0.2) is 36.4 Å². The fourth-order valence-corrected chi connectivity index (χ4v) is 2.23. The van der Waals surface area contributed by atoms with Crippen LogP contribution in [0.5, 0.6) is 5.75 Å². The van der Waals surface area contributed by atoms with Crippen LogP contribution in [-0.4, -0.2) is 29.6 Å². The third-order valence-electron chi connectivity index (χ3n) is 3.41. The van der Waals surface area contributed by atoms with Crippen LogP contribution < -0.4 is 10.1 Å². The number of ether oxygens (including phenoxy) is 1. The second-order valence-corrected chi connectivity index (χ2v) is 5.10. The molecule has 1 aliphatic rings. The first-order valence-corrected chi connectivity index (χ1v) is 6.82. The van der Waals surface area contributed by atoms with Crippen LogP contribution in [0.2, 0.25) is 0 Å². The standard InChI is InChI=1S/C16H15NO4/c18-14(17-11-6-7-11)9-21-13-8-5-10-3-1-2-4-12(10)15(13)16(19)20/h1-5,8,11H,6-7,9H2,(H,17,18)(H,19,20). The molecule has 3 rings (SSSR count). The van der Waals surface area contributed by atoms with Crippen LogP contribution >= 0.6 is 0 Å². The topological polar surface area (TPSA) is 75.6 Å². The zero-order chi connectivity index (χ0) is 14.8. The van der Waals surface area contributed by atoms with E-state index in [1.54, 1.807) is 24.3 Å². The number of aromatic carboxylic acids is 1. The van der Waals surface area contributed by atoms with Crippen LogP contribution in [0.1, 0.15) is 23.2 Å². The van der Waals surface area contributed by atoms with E-state index in [4.69, 9.17) is 4.74 Å². The highest BCUT2D eigenvalue weighted by Crippen LogP contribution is 2.28. The molecule has 0 aliphatic heterocycles. The van der Waals surface area contributed by atoms with E-state index in [0.717, 1.165) is 18.2 Å². The average molecular weight is 285 g/mol. The molecule has 5 nitrogen and oxygen atoms in total. The fourth-order valence-electron chi connectivity index (χ4n) is 2.23. The quantitative estimate of drug-likeness (QED) is 0.883. The highest BCUT2D eigenvalue weighted by Gasteiger charge is 2.23. The van der Waals surface area contributed by atoms with E-state index in [1.807, 2.05) is 12.1 Å². The summed E-state index contributed by atoms with van der Waals surface area (Å²) in [6.07, 6.45) is 2.00. The van der Waals surface area contributed by atoms with Crippen molar-refractivity contribution in [2.45, 2.75) is 18.9 Å². The van der Waals surface area contributed by atoms with E-state index in [1.165, 1.54) is 0 Å². The van der Waals surface area contributed by atoms with Crippen molar-refractivity contribution in [1.82, 2.24) is 5.32 Å². The monoisotopic (exact) mass is 285 g/mol. The van der Waals surface area contributed by atoms with Gasteiger partial charge in [0, 0.05) is 6.04 Å². The highest BCUT2D eigenvalue weighted by atomic mass is 16.5. The summed E-state index contributed by atoms with van der Waals surface area (Å²) in [5.74, 6) is -1.07. The van der Waals surface area contributed by atoms with Gasteiger partial charge in [-0.1, -0.05) is 30.3 Å². The Bertz CT molecular complexity index is 706. The van der Waals surface area contributed by atoms with E-state index in [2.05, 4.69) is 5.32 Å². The molecule has 0 spiro atoms. The van der Waals surface area contributed by atoms with Gasteiger partial charge in [-0.15, -0.1) is 0 Å². The van der Waals surface area contributed by atoms with Crippen molar-refractivity contribution < 1.29 is 19.4 Å². The molecule has 108 valence electrons. The molecule has 0 unspecified atom stereocenters. The summed E-state index contributed by atoms with van der Waals surface area (Å²) in [6, 6.07) is 10.8. The third-order valence-corrected chi connectivity index (χ3v) is 3.41. The maximum atomic E-state index is 11.6. The van der Waals surface area contributed by atoms with Crippen molar-refractivity contribution in [3.05, 3.63) is 42.0 Å². The lowest BCUT2D eigenvalue weighted by atomic mass is 10.0. The van der Waals surface area contributed by atoms with E-state index in [0.29, 0.717) is 5.39 Å². The van der Waals surface area contributed by atoms with Crippen molar-refractivity contribution >= 4 is 22.6 Å². The lowest BCUT2D eigenvalue weighted by Gasteiger charge is -2.11. The lowest BCUT2D eigenvalue weighted by Crippen LogP contribution is -2.30. The molecule has 21 heavy (non-hydrogen) atoms. The van der Waals surface area contributed by atoms with Crippen LogP contribution in [0.3, 0.4) is 0 Å². The number of nitrogens with one attached hydrogen (secondary N) is 1. The number of amides is 1. The maximum absolute atomic E-state index is 11.6. The summed E-state index contributed by atoms with van der Waals surface area (Å²) in [6.45, 7) is -0.172. The van der Waals surface area contributed by atoms with E-state index >= 15 is 0 Å². The zero-order valence-corrected chi connectivity index (χ0v) is 11.3. The lowest BCUT2D eigenvalue weighted by molar-refractivity contribution is -0.123. The molecule has 0 aromatic heterocycles. The molecule has 0 radical (unpaired) electrons. The molecular formula is C16H15NO4. The Morgan fingerprint density at radius 1 is 1.19 bits per heavy atom. The molecule has 1 saturated carbocycles. The average Bonchev–Trinajstić information content (AvgIpc) is 3.28. The number of carboxylic acid groups (broad SMARTS) is 1. The second kappa shape index (κ2) is 5.44. The molecule has 0 atom stereocenters. The van der Waals surface area contributed by atoms with E-state index in [-0.39, 0.29) is 29.9 Å². The maximum Gasteiger partial charge on any atom is 0.340 e. The van der Waals surface area contributed by atoms with Crippen LogP contribution in [0.4, 0.5) is 0 Å². The Labute approximate surface area is 121 Å². The molecule has 0 saturated heterocycles. The van der Waals surface area contributed by atoms with Crippen molar-refractivity contribution in [2.24, 2.45) is 0 Å². The summed E-state index contributed by atoms with van der Waals surface area (Å²) in [7, 11) is 0. The predicted octanol–water partition coefficient (Wildman–Crippen LogP) is 2.20. The predicted molar refractivity (Wildman–Crippen MR) is 77.6 cm³/mol. The van der Waals surface area contributed by atoms with Gasteiger partial charge in [0.15, 0.2) is 6.61 Å². The number of carboxylic acids is 1. The second-order valence-electron chi connectivity index (χ2n) is 5.10. The first-order chi connectivity index (χ1) is 10.1. The third kappa shape index (κ3) is 2.97.